The summed E-state index contributed by atoms with van der Waals surface area (Å²) in [6.45, 7) is 4.77. The smallest absolute Gasteiger partial charge is 0.318 e. The van der Waals surface area contributed by atoms with E-state index in [0.717, 1.165) is 22.4 Å². The first-order chi connectivity index (χ1) is 15.6. The molecule has 2 aromatic rings. The Morgan fingerprint density at radius 3 is 2.61 bits per heavy atom. The molecule has 1 aliphatic heterocycles. The number of piperidine rings is 1. The highest BCUT2D eigenvalue weighted by molar-refractivity contribution is 5.74. The van der Waals surface area contributed by atoms with Crippen molar-refractivity contribution in [3.05, 3.63) is 59.7 Å². The molecule has 1 N–H and O–H groups in total. The molecule has 0 bridgehead atoms. The molecule has 2 heterocycles. The van der Waals surface area contributed by atoms with E-state index in [1.54, 1.807) is 11.9 Å². The number of urea groups is 1. The van der Waals surface area contributed by atoms with Crippen molar-refractivity contribution in [1.29, 1.82) is 0 Å². The zero-order chi connectivity index (χ0) is 24.0. The monoisotopic (exact) mass is 464 g/mol. The molecule has 0 spiro atoms. The van der Waals surface area contributed by atoms with Gasteiger partial charge in [-0.05, 0) is 49.2 Å². The number of nitrogens with zero attached hydrogens (tertiary/aromatic N) is 3. The van der Waals surface area contributed by atoms with Gasteiger partial charge in [-0.2, -0.15) is 0 Å². The van der Waals surface area contributed by atoms with E-state index in [9.17, 15) is 18.0 Å². The van der Waals surface area contributed by atoms with E-state index < -0.39 is 30.4 Å². The van der Waals surface area contributed by atoms with Gasteiger partial charge in [0.2, 0.25) is 0 Å². The van der Waals surface area contributed by atoms with Gasteiger partial charge in [-0.1, -0.05) is 26.0 Å². The highest BCUT2D eigenvalue weighted by Gasteiger charge is 2.48. The number of amides is 2. The summed E-state index contributed by atoms with van der Waals surface area (Å²) in [5.41, 5.74) is 1.16. The predicted octanol–water partition coefficient (Wildman–Crippen LogP) is 4.31. The second kappa shape index (κ2) is 10.9. The van der Waals surface area contributed by atoms with Crippen molar-refractivity contribution in [3.8, 4) is 5.75 Å². The Kier molecular flexibility index (Phi) is 8.18. The molecule has 33 heavy (non-hydrogen) atoms. The number of pyridine rings is 1. The molecule has 0 saturated carbocycles. The second-order valence-electron chi connectivity index (χ2n) is 8.91. The van der Waals surface area contributed by atoms with Gasteiger partial charge >= 0.3 is 6.03 Å². The summed E-state index contributed by atoms with van der Waals surface area (Å²) >= 11 is 0. The SMILES string of the molecule is CC(C)COc1ccc(CNC(=O)N(Cc2ccc(F)cn2)C2CCN(C)CC2(F)F)cc1. The standard InChI is InChI=1S/C24H31F3N4O2/c1-17(2)15-33-21-8-4-18(5-9-21)12-29-23(32)31(14-20-7-6-19(25)13-28-20)22-10-11-30(3)16-24(22,26)27/h4-9,13,17,22H,10-12,14-16H2,1-3H3,(H,29,32). The number of alkyl halides is 2. The summed E-state index contributed by atoms with van der Waals surface area (Å²) in [5, 5.41) is 2.74. The molecule has 1 fully saturated rings. The summed E-state index contributed by atoms with van der Waals surface area (Å²) in [6.07, 6.45) is 1.14. The number of rotatable bonds is 8. The number of likely N-dealkylation sites (tertiary alicyclic amines) is 1. The van der Waals surface area contributed by atoms with Gasteiger partial charge in [-0.15, -0.1) is 0 Å². The molecule has 3 rings (SSSR count). The number of benzene rings is 1. The minimum Gasteiger partial charge on any atom is -0.493 e. The molecule has 1 unspecified atom stereocenters. The van der Waals surface area contributed by atoms with Crippen LogP contribution < -0.4 is 10.1 Å². The molecule has 2 amide bonds. The van der Waals surface area contributed by atoms with Crippen molar-refractivity contribution in [2.45, 2.75) is 45.3 Å². The van der Waals surface area contributed by atoms with Gasteiger partial charge in [-0.3, -0.25) is 4.98 Å². The average Bonchev–Trinajstić information content (AvgIpc) is 2.76. The first-order valence-corrected chi connectivity index (χ1v) is 11.1. The minimum atomic E-state index is -3.08. The molecule has 0 aliphatic carbocycles. The van der Waals surface area contributed by atoms with Crippen molar-refractivity contribution in [1.82, 2.24) is 20.1 Å². The van der Waals surface area contributed by atoms with Crippen LogP contribution in [0, 0.1) is 11.7 Å². The van der Waals surface area contributed by atoms with Crippen LogP contribution in [-0.2, 0) is 13.1 Å². The van der Waals surface area contributed by atoms with E-state index in [2.05, 4.69) is 24.1 Å². The lowest BCUT2D eigenvalue weighted by Crippen LogP contribution is -2.60. The Morgan fingerprint density at radius 1 is 1.27 bits per heavy atom. The van der Waals surface area contributed by atoms with E-state index in [4.69, 9.17) is 4.74 Å². The molecule has 0 radical (unpaired) electrons. The maximum Gasteiger partial charge on any atom is 0.318 e. The summed E-state index contributed by atoms with van der Waals surface area (Å²) < 4.78 is 48.6. The molecule has 1 aromatic heterocycles. The van der Waals surface area contributed by atoms with Crippen LogP contribution in [0.5, 0.6) is 5.75 Å². The summed E-state index contributed by atoms with van der Waals surface area (Å²) in [7, 11) is 1.63. The third-order valence-electron chi connectivity index (χ3n) is 5.46. The predicted molar refractivity (Wildman–Crippen MR) is 120 cm³/mol. The number of hydrogen-bond acceptors (Lipinski definition) is 4. The molecule has 1 aromatic carbocycles. The van der Waals surface area contributed by atoms with E-state index >= 15 is 0 Å². The van der Waals surface area contributed by atoms with Gasteiger partial charge in [0.25, 0.3) is 5.92 Å². The lowest BCUT2D eigenvalue weighted by atomic mass is 9.99. The van der Waals surface area contributed by atoms with Crippen LogP contribution in [0.2, 0.25) is 0 Å². The molecular weight excluding hydrogens is 433 g/mol. The Hall–Kier alpha value is -2.81. The summed E-state index contributed by atoms with van der Waals surface area (Å²) in [5.74, 6) is -2.48. The minimum absolute atomic E-state index is 0.125. The quantitative estimate of drug-likeness (QED) is 0.633. The van der Waals surface area contributed by atoms with Crippen LogP contribution in [0.3, 0.4) is 0 Å². The van der Waals surface area contributed by atoms with Gasteiger partial charge < -0.3 is 19.9 Å². The van der Waals surface area contributed by atoms with Crippen LogP contribution in [0.1, 0.15) is 31.5 Å². The highest BCUT2D eigenvalue weighted by Crippen LogP contribution is 2.31. The van der Waals surface area contributed by atoms with Gasteiger partial charge in [0, 0.05) is 13.1 Å². The number of carbonyl (C=O) groups is 1. The normalized spacial score (nSPS) is 18.2. The maximum absolute atomic E-state index is 14.9. The fraction of sp³-hybridized carbons (Fsp3) is 0.500. The van der Waals surface area contributed by atoms with Crippen molar-refractivity contribution in [3.63, 3.8) is 0 Å². The van der Waals surface area contributed by atoms with Crippen LogP contribution in [0.4, 0.5) is 18.0 Å². The zero-order valence-corrected chi connectivity index (χ0v) is 19.2. The van der Waals surface area contributed by atoms with Crippen molar-refractivity contribution in [2.24, 2.45) is 5.92 Å². The Balaban J connectivity index is 1.70. The molecular formula is C24H31F3N4O2. The Bertz CT molecular complexity index is 907. The number of hydrogen-bond donors (Lipinski definition) is 1. The average molecular weight is 465 g/mol. The van der Waals surface area contributed by atoms with Crippen LogP contribution in [0.15, 0.2) is 42.6 Å². The number of nitrogens with one attached hydrogen (secondary N) is 1. The van der Waals surface area contributed by atoms with Gasteiger partial charge in [0.15, 0.2) is 0 Å². The van der Waals surface area contributed by atoms with E-state index in [-0.39, 0.29) is 19.5 Å². The van der Waals surface area contributed by atoms with E-state index in [1.807, 2.05) is 24.3 Å². The summed E-state index contributed by atoms with van der Waals surface area (Å²) in [6, 6.07) is 7.98. The highest BCUT2D eigenvalue weighted by atomic mass is 19.3. The van der Waals surface area contributed by atoms with Crippen molar-refractivity contribution in [2.75, 3.05) is 26.7 Å². The zero-order valence-electron chi connectivity index (χ0n) is 19.2. The van der Waals surface area contributed by atoms with Crippen molar-refractivity contribution >= 4 is 6.03 Å². The number of carbonyl (C=O) groups excluding carboxylic acids is 1. The lowest BCUT2D eigenvalue weighted by Gasteiger charge is -2.42. The van der Waals surface area contributed by atoms with Gasteiger partial charge in [-0.25, -0.2) is 18.0 Å². The fourth-order valence-electron chi connectivity index (χ4n) is 3.73. The third-order valence-corrected chi connectivity index (χ3v) is 5.46. The Morgan fingerprint density at radius 2 is 2.00 bits per heavy atom. The second-order valence-corrected chi connectivity index (χ2v) is 8.91. The topological polar surface area (TPSA) is 57.7 Å². The first kappa shape index (κ1) is 24.8. The Labute approximate surface area is 192 Å². The van der Waals surface area contributed by atoms with Gasteiger partial charge in [0.1, 0.15) is 17.6 Å². The molecule has 1 aliphatic rings. The van der Waals surface area contributed by atoms with Crippen LogP contribution >= 0.6 is 0 Å². The summed E-state index contributed by atoms with van der Waals surface area (Å²) in [4.78, 5) is 19.7. The van der Waals surface area contributed by atoms with E-state index in [1.165, 1.54) is 12.1 Å². The fourth-order valence-corrected chi connectivity index (χ4v) is 3.73. The van der Waals surface area contributed by atoms with Crippen molar-refractivity contribution < 1.29 is 22.7 Å². The molecule has 1 atom stereocenters. The molecule has 6 nitrogen and oxygen atoms in total. The molecule has 9 heteroatoms. The van der Waals surface area contributed by atoms with Gasteiger partial charge in [0.05, 0.1) is 31.6 Å². The first-order valence-electron chi connectivity index (χ1n) is 11.1. The van der Waals surface area contributed by atoms with Crippen LogP contribution in [-0.4, -0.2) is 59.5 Å². The number of ether oxygens (including phenoxy) is 1. The molecule has 1 saturated heterocycles. The largest absolute Gasteiger partial charge is 0.493 e. The molecule has 180 valence electrons. The third kappa shape index (κ3) is 7.08. The lowest BCUT2D eigenvalue weighted by molar-refractivity contribution is -0.114. The number of aromatic nitrogens is 1. The van der Waals surface area contributed by atoms with E-state index in [0.29, 0.717) is 24.8 Å². The maximum atomic E-state index is 14.9. The van der Waals surface area contributed by atoms with Crippen LogP contribution in [0.25, 0.3) is 0 Å². The number of halogens is 3.